The zero-order valence-corrected chi connectivity index (χ0v) is 24.2. The minimum Gasteiger partial charge on any atom is -0.461 e. The molecule has 0 aromatic heterocycles. The number of rotatable bonds is 11. The number of aliphatic hydroxyl groups is 7. The third kappa shape index (κ3) is 7.94. The van der Waals surface area contributed by atoms with Gasteiger partial charge in [0.1, 0.15) is 54.6 Å². The molecule has 13 nitrogen and oxygen atoms in total. The van der Waals surface area contributed by atoms with Crippen molar-refractivity contribution in [3.8, 4) is 5.75 Å². The third-order valence-corrected chi connectivity index (χ3v) is 7.18. The molecule has 13 heteroatoms. The normalized spacial score (nSPS) is 33.1. The maximum Gasteiger partial charge on any atom is 0.248 e. The fraction of sp³-hybridized carbons (Fsp3) is 0.621. The maximum absolute atomic E-state index is 12.1. The lowest BCUT2D eigenvalue weighted by Crippen LogP contribution is -2.65. The van der Waals surface area contributed by atoms with Gasteiger partial charge in [-0.25, -0.2) is 0 Å². The van der Waals surface area contributed by atoms with Crippen molar-refractivity contribution < 1.29 is 59.5 Å². The predicted molar refractivity (Wildman–Crippen MR) is 148 cm³/mol. The van der Waals surface area contributed by atoms with Crippen LogP contribution in [-0.4, -0.2) is 116 Å². The molecule has 3 rings (SSSR count). The van der Waals surface area contributed by atoms with Crippen molar-refractivity contribution in [2.45, 2.75) is 102 Å². The van der Waals surface area contributed by atoms with Gasteiger partial charge in [0.2, 0.25) is 12.2 Å². The second kappa shape index (κ2) is 14.8. The van der Waals surface area contributed by atoms with Crippen molar-refractivity contribution in [3.05, 3.63) is 52.1 Å². The van der Waals surface area contributed by atoms with Crippen LogP contribution < -0.4 is 10.5 Å². The molecule has 2 heterocycles. The topological polar surface area (TPSA) is 222 Å². The van der Waals surface area contributed by atoms with E-state index in [0.717, 1.165) is 11.1 Å². The minimum absolute atomic E-state index is 0.267. The number of amides is 1. The van der Waals surface area contributed by atoms with Gasteiger partial charge in [0.15, 0.2) is 6.29 Å². The first-order valence-corrected chi connectivity index (χ1v) is 13.8. The van der Waals surface area contributed by atoms with Gasteiger partial charge in [-0.15, -0.1) is 0 Å². The molecule has 0 bridgehead atoms. The van der Waals surface area contributed by atoms with Gasteiger partial charge in [-0.05, 0) is 63.8 Å². The van der Waals surface area contributed by atoms with Crippen molar-refractivity contribution in [2.75, 3.05) is 13.2 Å². The van der Waals surface area contributed by atoms with E-state index in [-0.39, 0.29) is 5.56 Å². The third-order valence-electron chi connectivity index (χ3n) is 7.18. The Morgan fingerprint density at radius 3 is 1.76 bits per heavy atom. The van der Waals surface area contributed by atoms with Gasteiger partial charge < -0.3 is 60.4 Å². The van der Waals surface area contributed by atoms with E-state index < -0.39 is 80.5 Å². The molecule has 1 aromatic carbocycles. The number of benzene rings is 1. The van der Waals surface area contributed by atoms with Gasteiger partial charge in [0.25, 0.3) is 0 Å². The molecular formula is C29H43NO12. The number of primary amides is 1. The summed E-state index contributed by atoms with van der Waals surface area (Å²) in [6, 6.07) is 3.17. The van der Waals surface area contributed by atoms with E-state index in [1.807, 2.05) is 39.8 Å². The summed E-state index contributed by atoms with van der Waals surface area (Å²) in [5.41, 5.74) is 9.03. The first kappa shape index (κ1) is 34.1. The largest absolute Gasteiger partial charge is 0.461 e. The summed E-state index contributed by atoms with van der Waals surface area (Å²) in [5.74, 6) is -0.326. The Balaban J connectivity index is 1.93. The van der Waals surface area contributed by atoms with E-state index in [1.54, 1.807) is 12.1 Å². The smallest absolute Gasteiger partial charge is 0.248 e. The number of hydrogen-bond acceptors (Lipinski definition) is 12. The second-order valence-electron chi connectivity index (χ2n) is 11.1. The van der Waals surface area contributed by atoms with Crippen molar-refractivity contribution in [2.24, 2.45) is 5.73 Å². The number of nitrogens with two attached hydrogens (primary N) is 1. The van der Waals surface area contributed by atoms with Crippen LogP contribution in [0.25, 0.3) is 0 Å². The van der Waals surface area contributed by atoms with E-state index in [0.29, 0.717) is 29.7 Å². The van der Waals surface area contributed by atoms with E-state index in [1.165, 1.54) is 0 Å². The molecule has 1 amide bonds. The van der Waals surface area contributed by atoms with Gasteiger partial charge in [0.05, 0.1) is 13.2 Å². The lowest BCUT2D eigenvalue weighted by molar-refractivity contribution is -0.352. The molecule has 2 aliphatic heterocycles. The molecule has 0 unspecified atom stereocenters. The van der Waals surface area contributed by atoms with Crippen LogP contribution >= 0.6 is 0 Å². The van der Waals surface area contributed by atoms with Crippen LogP contribution in [0.15, 0.2) is 35.4 Å². The lowest BCUT2D eigenvalue weighted by Gasteiger charge is -2.46. The summed E-state index contributed by atoms with van der Waals surface area (Å²) < 4.78 is 23.0. The number of allylic oxidation sites excluding steroid dienone is 4. The molecule has 10 atom stereocenters. The first-order chi connectivity index (χ1) is 19.8. The molecule has 0 saturated carbocycles. The van der Waals surface area contributed by atoms with Crippen molar-refractivity contribution in [1.29, 1.82) is 0 Å². The van der Waals surface area contributed by atoms with Gasteiger partial charge in [-0.1, -0.05) is 23.3 Å². The molecule has 0 radical (unpaired) electrons. The van der Waals surface area contributed by atoms with Crippen molar-refractivity contribution in [3.63, 3.8) is 0 Å². The Bertz CT molecular complexity index is 1090. The molecule has 236 valence electrons. The average Bonchev–Trinajstić information content (AvgIpc) is 2.94. The van der Waals surface area contributed by atoms with Gasteiger partial charge in [-0.3, -0.25) is 4.79 Å². The van der Waals surface area contributed by atoms with Gasteiger partial charge in [0, 0.05) is 5.56 Å². The Labute approximate surface area is 244 Å². The standard InChI is InChI=1S/C29H43NO12/c1-13(2)5-7-15-9-17(27(30)38)10-16(8-6-14(3)4)25(15)41-29-24(37)22(35)26(19(12-32)40-29)42-28-23(36)21(34)20(33)18(11-31)39-28/h5-6,9-10,18-24,26,28-29,31-37H,7-8,11-12H2,1-4H3,(H2,30,38)/t18-,19-,20-,21+,22-,23-,24-,26-,28+,29+/m1/s1. The molecule has 2 fully saturated rings. The van der Waals surface area contributed by atoms with Crippen LogP contribution in [0.3, 0.4) is 0 Å². The van der Waals surface area contributed by atoms with Crippen LogP contribution in [-0.2, 0) is 27.1 Å². The summed E-state index contributed by atoms with van der Waals surface area (Å²) in [7, 11) is 0. The Morgan fingerprint density at radius 1 is 0.786 bits per heavy atom. The quantitative estimate of drug-likeness (QED) is 0.141. The summed E-state index contributed by atoms with van der Waals surface area (Å²) in [6.45, 7) is 6.24. The highest BCUT2D eigenvalue weighted by molar-refractivity contribution is 5.93. The molecule has 2 aliphatic rings. The highest BCUT2D eigenvalue weighted by Gasteiger charge is 2.51. The fourth-order valence-corrected chi connectivity index (χ4v) is 4.75. The van der Waals surface area contributed by atoms with E-state index in [2.05, 4.69) is 0 Å². The number of aliphatic hydroxyl groups excluding tert-OH is 7. The minimum atomic E-state index is -1.78. The zero-order chi connectivity index (χ0) is 31.3. The number of carbonyl (C=O) groups excluding carboxylic acids is 1. The number of ether oxygens (including phenoxy) is 4. The predicted octanol–water partition coefficient (Wildman–Crippen LogP) is -1.19. The monoisotopic (exact) mass is 597 g/mol. The molecule has 0 aliphatic carbocycles. The zero-order valence-electron chi connectivity index (χ0n) is 24.2. The Hall–Kier alpha value is -2.43. The fourth-order valence-electron chi connectivity index (χ4n) is 4.75. The summed E-state index contributed by atoms with van der Waals surface area (Å²) in [4.78, 5) is 12.1. The molecule has 42 heavy (non-hydrogen) atoms. The van der Waals surface area contributed by atoms with E-state index >= 15 is 0 Å². The second-order valence-corrected chi connectivity index (χ2v) is 11.1. The summed E-state index contributed by atoms with van der Waals surface area (Å²) >= 11 is 0. The Morgan fingerprint density at radius 2 is 1.29 bits per heavy atom. The van der Waals surface area contributed by atoms with Crippen LogP contribution in [0.2, 0.25) is 0 Å². The van der Waals surface area contributed by atoms with Crippen LogP contribution in [0.4, 0.5) is 0 Å². The molecule has 1 aromatic rings. The summed E-state index contributed by atoms with van der Waals surface area (Å²) in [6.07, 6.45) is -11.2. The van der Waals surface area contributed by atoms with Crippen LogP contribution in [0, 0.1) is 0 Å². The van der Waals surface area contributed by atoms with Gasteiger partial charge in [-0.2, -0.15) is 0 Å². The van der Waals surface area contributed by atoms with Gasteiger partial charge >= 0.3 is 0 Å². The first-order valence-electron chi connectivity index (χ1n) is 13.8. The highest BCUT2D eigenvalue weighted by Crippen LogP contribution is 2.34. The maximum atomic E-state index is 12.1. The molecular weight excluding hydrogens is 554 g/mol. The van der Waals surface area contributed by atoms with Crippen molar-refractivity contribution in [1.82, 2.24) is 0 Å². The van der Waals surface area contributed by atoms with E-state index in [4.69, 9.17) is 24.7 Å². The Kier molecular flexibility index (Phi) is 12.0. The summed E-state index contributed by atoms with van der Waals surface area (Å²) in [5, 5.41) is 72.1. The molecule has 0 spiro atoms. The molecule has 9 N–H and O–H groups in total. The van der Waals surface area contributed by atoms with Crippen LogP contribution in [0.5, 0.6) is 5.75 Å². The van der Waals surface area contributed by atoms with E-state index in [9.17, 15) is 40.5 Å². The number of carbonyl (C=O) groups is 1. The highest BCUT2D eigenvalue weighted by atomic mass is 16.7. The lowest BCUT2D eigenvalue weighted by atomic mass is 9.96. The van der Waals surface area contributed by atoms with Crippen molar-refractivity contribution >= 4 is 5.91 Å². The SMILES string of the molecule is CC(C)=CCc1cc(C(N)=O)cc(CC=C(C)C)c1O[C@@H]1O[C@H](CO)[C@@H](O[C@@H]2O[C@H](CO)[C@@H](O)[C@H](O)[C@H]2O)[C@H](O)[C@H]1O. The van der Waals surface area contributed by atoms with Crippen LogP contribution in [0.1, 0.15) is 49.2 Å². The number of hydrogen-bond donors (Lipinski definition) is 8. The molecule has 2 saturated heterocycles. The average molecular weight is 598 g/mol.